The SMILES string of the molecule is Cc1ccc(C(=O)N2CCc3ccccc3C2)cc1NC1=C(Cl)C(=O)N(c2ccc(Cl)cc2)C1=O. The third-order valence-electron chi connectivity index (χ3n) is 6.27. The van der Waals surface area contributed by atoms with Crippen LogP contribution in [0.25, 0.3) is 0 Å². The fourth-order valence-corrected chi connectivity index (χ4v) is 4.65. The summed E-state index contributed by atoms with van der Waals surface area (Å²) in [5.41, 5.74) is 4.55. The minimum atomic E-state index is -0.627. The van der Waals surface area contributed by atoms with E-state index in [0.717, 1.165) is 22.4 Å². The molecule has 0 fully saturated rings. The molecule has 2 aliphatic heterocycles. The van der Waals surface area contributed by atoms with Crippen molar-refractivity contribution in [2.75, 3.05) is 16.8 Å². The highest BCUT2D eigenvalue weighted by Gasteiger charge is 2.39. The van der Waals surface area contributed by atoms with Gasteiger partial charge in [0.25, 0.3) is 17.7 Å². The maximum Gasteiger partial charge on any atom is 0.283 e. The monoisotopic (exact) mass is 505 g/mol. The second-order valence-corrected chi connectivity index (χ2v) is 9.33. The maximum atomic E-state index is 13.3. The molecule has 8 heteroatoms. The molecule has 0 radical (unpaired) electrons. The van der Waals surface area contributed by atoms with E-state index in [9.17, 15) is 14.4 Å². The molecule has 2 aliphatic rings. The Morgan fingerprint density at radius 3 is 2.37 bits per heavy atom. The van der Waals surface area contributed by atoms with Crippen LogP contribution in [-0.4, -0.2) is 29.2 Å². The number of nitrogens with zero attached hydrogens (tertiary/aromatic N) is 2. The van der Waals surface area contributed by atoms with Gasteiger partial charge in [0.1, 0.15) is 10.7 Å². The number of carbonyl (C=O) groups is 3. The smallest absolute Gasteiger partial charge is 0.283 e. The number of fused-ring (bicyclic) bond motifs is 1. The lowest BCUT2D eigenvalue weighted by Gasteiger charge is -2.29. The molecule has 0 saturated heterocycles. The van der Waals surface area contributed by atoms with Crippen molar-refractivity contribution in [3.63, 3.8) is 0 Å². The number of hydrogen-bond acceptors (Lipinski definition) is 4. The fourth-order valence-electron chi connectivity index (χ4n) is 4.31. The van der Waals surface area contributed by atoms with E-state index in [-0.39, 0.29) is 16.6 Å². The summed E-state index contributed by atoms with van der Waals surface area (Å²) >= 11 is 12.2. The van der Waals surface area contributed by atoms with Crippen molar-refractivity contribution in [2.24, 2.45) is 0 Å². The van der Waals surface area contributed by atoms with Crippen molar-refractivity contribution in [1.82, 2.24) is 4.90 Å². The predicted molar refractivity (Wildman–Crippen MR) is 137 cm³/mol. The van der Waals surface area contributed by atoms with Crippen LogP contribution in [0.5, 0.6) is 0 Å². The second kappa shape index (κ2) is 9.21. The number of carbonyl (C=O) groups excluding carboxylic acids is 3. The van der Waals surface area contributed by atoms with Crippen LogP contribution < -0.4 is 10.2 Å². The Kier molecular flexibility index (Phi) is 6.09. The largest absolute Gasteiger partial charge is 0.349 e. The highest BCUT2D eigenvalue weighted by molar-refractivity contribution is 6.53. The molecule has 0 unspecified atom stereocenters. The van der Waals surface area contributed by atoms with Crippen LogP contribution in [-0.2, 0) is 22.6 Å². The number of nitrogens with one attached hydrogen (secondary N) is 1. The Bertz CT molecular complexity index is 1400. The summed E-state index contributed by atoms with van der Waals surface area (Å²) in [5, 5.41) is 3.27. The van der Waals surface area contributed by atoms with E-state index in [0.29, 0.717) is 35.1 Å². The summed E-state index contributed by atoms with van der Waals surface area (Å²) in [4.78, 5) is 41.9. The summed E-state index contributed by atoms with van der Waals surface area (Å²) in [6.45, 7) is 3.03. The Balaban J connectivity index is 1.38. The third-order valence-corrected chi connectivity index (χ3v) is 6.88. The first-order valence-electron chi connectivity index (χ1n) is 11.1. The zero-order valence-corrected chi connectivity index (χ0v) is 20.4. The summed E-state index contributed by atoms with van der Waals surface area (Å²) in [6.07, 6.45) is 0.804. The highest BCUT2D eigenvalue weighted by Crippen LogP contribution is 2.32. The molecule has 176 valence electrons. The zero-order valence-electron chi connectivity index (χ0n) is 18.8. The minimum absolute atomic E-state index is 0.0359. The second-order valence-electron chi connectivity index (χ2n) is 8.51. The lowest BCUT2D eigenvalue weighted by molar-refractivity contribution is -0.120. The fraction of sp³-hybridized carbons (Fsp3) is 0.148. The van der Waals surface area contributed by atoms with Crippen LogP contribution >= 0.6 is 23.2 Å². The lowest BCUT2D eigenvalue weighted by atomic mass is 9.99. The molecule has 3 aromatic rings. The quantitative estimate of drug-likeness (QED) is 0.489. The van der Waals surface area contributed by atoms with Gasteiger partial charge in [0.2, 0.25) is 0 Å². The van der Waals surface area contributed by atoms with Crippen LogP contribution in [0.1, 0.15) is 27.0 Å². The molecule has 0 atom stereocenters. The Morgan fingerprint density at radius 2 is 1.63 bits per heavy atom. The predicted octanol–water partition coefficient (Wildman–Crippen LogP) is 5.28. The molecule has 3 aromatic carbocycles. The summed E-state index contributed by atoms with van der Waals surface area (Å²) < 4.78 is 0. The Hall–Kier alpha value is -3.61. The Morgan fingerprint density at radius 1 is 0.914 bits per heavy atom. The summed E-state index contributed by atoms with van der Waals surface area (Å²) in [6, 6.07) is 19.7. The van der Waals surface area contributed by atoms with E-state index in [1.54, 1.807) is 42.5 Å². The molecular formula is C27H21Cl2N3O3. The molecule has 0 aliphatic carbocycles. The molecular weight excluding hydrogens is 485 g/mol. The topological polar surface area (TPSA) is 69.7 Å². The number of amides is 3. The number of halogens is 2. The van der Waals surface area contributed by atoms with E-state index in [4.69, 9.17) is 23.2 Å². The van der Waals surface area contributed by atoms with Gasteiger partial charge in [0, 0.05) is 29.4 Å². The first kappa shape index (κ1) is 23.1. The van der Waals surface area contributed by atoms with Crippen molar-refractivity contribution in [3.8, 4) is 0 Å². The molecule has 2 heterocycles. The van der Waals surface area contributed by atoms with E-state index in [1.807, 2.05) is 30.0 Å². The standard InChI is InChI=1S/C27H21Cl2N3O3/c1-16-6-7-18(25(33)31-13-12-17-4-2-3-5-19(17)15-31)14-22(16)30-24-23(29)26(34)32(27(24)35)21-10-8-20(28)9-11-21/h2-11,14,30H,12-13,15H2,1H3. The van der Waals surface area contributed by atoms with Gasteiger partial charge in [-0.1, -0.05) is 53.5 Å². The van der Waals surface area contributed by atoms with Gasteiger partial charge in [-0.2, -0.15) is 0 Å². The van der Waals surface area contributed by atoms with Crippen LogP contribution in [0.15, 0.2) is 77.5 Å². The number of hydrogen-bond donors (Lipinski definition) is 1. The summed E-state index contributed by atoms with van der Waals surface area (Å²) in [7, 11) is 0. The summed E-state index contributed by atoms with van der Waals surface area (Å²) in [5.74, 6) is -1.30. The van der Waals surface area contributed by atoms with E-state index >= 15 is 0 Å². The van der Waals surface area contributed by atoms with Gasteiger partial charge in [0.15, 0.2) is 0 Å². The minimum Gasteiger partial charge on any atom is -0.349 e. The molecule has 0 spiro atoms. The third kappa shape index (κ3) is 4.31. The van der Waals surface area contributed by atoms with Gasteiger partial charge in [-0.05, 0) is 66.4 Å². The van der Waals surface area contributed by atoms with Crippen LogP contribution in [0, 0.1) is 6.92 Å². The van der Waals surface area contributed by atoms with Crippen molar-refractivity contribution in [2.45, 2.75) is 19.9 Å². The van der Waals surface area contributed by atoms with Gasteiger partial charge >= 0.3 is 0 Å². The molecule has 3 amide bonds. The van der Waals surface area contributed by atoms with Crippen LogP contribution in [0.4, 0.5) is 11.4 Å². The van der Waals surface area contributed by atoms with Crippen LogP contribution in [0.2, 0.25) is 5.02 Å². The van der Waals surface area contributed by atoms with Gasteiger partial charge in [0.05, 0.1) is 5.69 Å². The van der Waals surface area contributed by atoms with E-state index in [2.05, 4.69) is 11.4 Å². The maximum absolute atomic E-state index is 13.3. The molecule has 6 nitrogen and oxygen atoms in total. The van der Waals surface area contributed by atoms with Crippen LogP contribution in [0.3, 0.4) is 0 Å². The average Bonchev–Trinajstić information content (AvgIpc) is 3.08. The van der Waals surface area contributed by atoms with Crippen molar-refractivity contribution in [3.05, 3.63) is 105 Å². The molecule has 5 rings (SSSR count). The number of rotatable bonds is 4. The molecule has 1 N–H and O–H groups in total. The zero-order chi connectivity index (χ0) is 24.7. The van der Waals surface area contributed by atoms with E-state index < -0.39 is 11.8 Å². The van der Waals surface area contributed by atoms with Crippen molar-refractivity contribution >= 4 is 52.3 Å². The van der Waals surface area contributed by atoms with Crippen molar-refractivity contribution < 1.29 is 14.4 Å². The molecule has 0 saturated carbocycles. The number of imide groups is 1. The van der Waals surface area contributed by atoms with Crippen molar-refractivity contribution in [1.29, 1.82) is 0 Å². The highest BCUT2D eigenvalue weighted by atomic mass is 35.5. The molecule has 0 bridgehead atoms. The van der Waals surface area contributed by atoms with E-state index in [1.165, 1.54) is 5.56 Å². The number of anilines is 2. The number of aryl methyl sites for hydroxylation is 1. The molecule has 35 heavy (non-hydrogen) atoms. The van der Waals surface area contributed by atoms with Gasteiger partial charge in [-0.3, -0.25) is 14.4 Å². The van der Waals surface area contributed by atoms with Gasteiger partial charge < -0.3 is 10.2 Å². The average molecular weight is 506 g/mol. The number of benzene rings is 3. The van der Waals surface area contributed by atoms with Gasteiger partial charge in [-0.25, -0.2) is 4.90 Å². The Labute approximate surface area is 212 Å². The normalized spacial score (nSPS) is 15.5. The first-order valence-corrected chi connectivity index (χ1v) is 11.9. The van der Waals surface area contributed by atoms with Gasteiger partial charge in [-0.15, -0.1) is 0 Å². The first-order chi connectivity index (χ1) is 16.8. The molecule has 0 aromatic heterocycles. The lowest BCUT2D eigenvalue weighted by Crippen LogP contribution is -2.36.